The number of hydrogen-bond donors (Lipinski definition) is 1. The molecule has 0 bridgehead atoms. The summed E-state index contributed by atoms with van der Waals surface area (Å²) in [7, 11) is 1.86. The predicted molar refractivity (Wildman–Crippen MR) is 67.9 cm³/mol. The normalized spacial score (nSPS) is 10.6. The van der Waals surface area contributed by atoms with Crippen molar-refractivity contribution >= 4 is 34.6 Å². The van der Waals surface area contributed by atoms with Gasteiger partial charge in [0.25, 0.3) is 0 Å². The van der Waals surface area contributed by atoms with E-state index in [2.05, 4.69) is 20.6 Å². The third-order valence-corrected chi connectivity index (χ3v) is 2.69. The molecule has 0 amide bonds. The van der Waals surface area contributed by atoms with Crippen molar-refractivity contribution in [2.24, 2.45) is 7.05 Å². The van der Waals surface area contributed by atoms with Gasteiger partial charge in [-0.15, -0.1) is 10.2 Å². The molecule has 2 rings (SSSR count). The molecule has 2 aromatic heterocycles. The molecule has 0 fully saturated rings. The number of nitrogens with one attached hydrogen (secondary N) is 1. The van der Waals surface area contributed by atoms with E-state index < -0.39 is 0 Å². The lowest BCUT2D eigenvalue weighted by Crippen LogP contribution is -1.96. The van der Waals surface area contributed by atoms with Crippen molar-refractivity contribution in [3.63, 3.8) is 0 Å². The van der Waals surface area contributed by atoms with E-state index in [4.69, 9.17) is 23.2 Å². The Morgan fingerprint density at radius 3 is 2.76 bits per heavy atom. The van der Waals surface area contributed by atoms with Crippen LogP contribution in [0.25, 0.3) is 0 Å². The molecule has 17 heavy (non-hydrogen) atoms. The van der Waals surface area contributed by atoms with Crippen LogP contribution in [0.2, 0.25) is 10.3 Å². The zero-order valence-electron chi connectivity index (χ0n) is 9.41. The summed E-state index contributed by atoms with van der Waals surface area (Å²) >= 11 is 11.7. The molecule has 2 aromatic rings. The molecule has 0 saturated heterocycles. The molecule has 1 N–H and O–H groups in total. The fraction of sp³-hybridized carbons (Fsp3) is 0.300. The molecular formula is C10H11Cl2N5. The van der Waals surface area contributed by atoms with Crippen LogP contribution in [0, 0.1) is 0 Å². The van der Waals surface area contributed by atoms with Crippen molar-refractivity contribution in [1.29, 1.82) is 0 Å². The zero-order chi connectivity index (χ0) is 12.4. The van der Waals surface area contributed by atoms with Gasteiger partial charge < -0.3 is 5.32 Å². The highest BCUT2D eigenvalue weighted by Crippen LogP contribution is 2.26. The summed E-state index contributed by atoms with van der Waals surface area (Å²) in [6.45, 7) is 2.03. The minimum atomic E-state index is 0.278. The number of aryl methyl sites for hydroxylation is 2. The lowest BCUT2D eigenvalue weighted by Gasteiger charge is -2.06. The number of hydrogen-bond acceptors (Lipinski definition) is 4. The number of aromatic nitrogens is 4. The highest BCUT2D eigenvalue weighted by molar-refractivity contribution is 6.33. The lowest BCUT2D eigenvalue weighted by atomic mass is 10.3. The maximum atomic E-state index is 5.93. The van der Waals surface area contributed by atoms with Crippen molar-refractivity contribution in [2.45, 2.75) is 13.3 Å². The van der Waals surface area contributed by atoms with Crippen LogP contribution in [0.3, 0.4) is 0 Å². The molecule has 0 radical (unpaired) electrons. The quantitative estimate of drug-likeness (QED) is 0.933. The Morgan fingerprint density at radius 2 is 2.06 bits per heavy atom. The average molecular weight is 272 g/mol. The summed E-state index contributed by atoms with van der Waals surface area (Å²) in [5.41, 5.74) is 2.46. The molecule has 0 aliphatic heterocycles. The minimum absolute atomic E-state index is 0.278. The maximum absolute atomic E-state index is 5.93. The molecule has 0 aliphatic rings. The Bertz CT molecular complexity index is 537. The Morgan fingerprint density at radius 1 is 1.29 bits per heavy atom. The van der Waals surface area contributed by atoms with Gasteiger partial charge in [0.1, 0.15) is 0 Å². The van der Waals surface area contributed by atoms with E-state index in [0.29, 0.717) is 10.8 Å². The molecule has 5 nitrogen and oxygen atoms in total. The molecule has 0 unspecified atom stereocenters. The van der Waals surface area contributed by atoms with E-state index in [1.807, 2.05) is 20.2 Å². The van der Waals surface area contributed by atoms with Crippen molar-refractivity contribution < 1.29 is 0 Å². The molecule has 90 valence electrons. The van der Waals surface area contributed by atoms with E-state index >= 15 is 0 Å². The van der Waals surface area contributed by atoms with Crippen molar-refractivity contribution in [1.82, 2.24) is 20.0 Å². The Kier molecular flexibility index (Phi) is 3.49. The predicted octanol–water partition coefficient (Wildman–Crippen LogP) is 2.82. The summed E-state index contributed by atoms with van der Waals surface area (Å²) in [4.78, 5) is 0. The van der Waals surface area contributed by atoms with Gasteiger partial charge in [-0.1, -0.05) is 30.1 Å². The SMILES string of the molecule is CCc1nn(C)cc1Nc1cc(Cl)nnc1Cl. The third kappa shape index (κ3) is 2.68. The molecular weight excluding hydrogens is 261 g/mol. The molecule has 0 aliphatic carbocycles. The van der Waals surface area contributed by atoms with Crippen molar-refractivity contribution in [3.8, 4) is 0 Å². The largest absolute Gasteiger partial charge is 0.350 e. The molecule has 0 saturated carbocycles. The average Bonchev–Trinajstić information content (AvgIpc) is 2.64. The molecule has 2 heterocycles. The van der Waals surface area contributed by atoms with Crippen LogP contribution in [0.1, 0.15) is 12.6 Å². The summed E-state index contributed by atoms with van der Waals surface area (Å²) < 4.78 is 1.74. The first-order valence-electron chi connectivity index (χ1n) is 5.08. The fourth-order valence-corrected chi connectivity index (χ4v) is 1.77. The topological polar surface area (TPSA) is 55.6 Å². The van der Waals surface area contributed by atoms with E-state index in [0.717, 1.165) is 17.8 Å². The standard InChI is InChI=1S/C10H11Cl2N5/c1-3-6-8(5-17(2)16-6)13-7-4-9(11)14-15-10(7)12/h4-5H,3H2,1-2H3,(H,13,14). The maximum Gasteiger partial charge on any atom is 0.175 e. The summed E-state index contributed by atoms with van der Waals surface area (Å²) in [5, 5.41) is 15.4. The van der Waals surface area contributed by atoms with Gasteiger partial charge in [-0.25, -0.2) is 0 Å². The summed E-state index contributed by atoms with van der Waals surface area (Å²) in [5.74, 6) is 0. The smallest absolute Gasteiger partial charge is 0.175 e. The number of anilines is 2. The van der Waals surface area contributed by atoms with E-state index in [1.54, 1.807) is 10.7 Å². The van der Waals surface area contributed by atoms with Crippen LogP contribution in [0.5, 0.6) is 0 Å². The number of rotatable bonds is 3. The number of nitrogens with zero attached hydrogens (tertiary/aromatic N) is 4. The molecule has 0 aromatic carbocycles. The minimum Gasteiger partial charge on any atom is -0.350 e. The van der Waals surface area contributed by atoms with Gasteiger partial charge in [0.05, 0.1) is 17.1 Å². The van der Waals surface area contributed by atoms with Crippen LogP contribution in [-0.4, -0.2) is 20.0 Å². The fourth-order valence-electron chi connectivity index (χ4n) is 1.49. The monoisotopic (exact) mass is 271 g/mol. The van der Waals surface area contributed by atoms with Crippen LogP contribution in [-0.2, 0) is 13.5 Å². The first-order chi connectivity index (χ1) is 8.10. The van der Waals surface area contributed by atoms with E-state index in [1.165, 1.54) is 0 Å². The Hall–Kier alpha value is -1.33. The van der Waals surface area contributed by atoms with Crippen LogP contribution >= 0.6 is 23.2 Å². The second-order valence-electron chi connectivity index (χ2n) is 3.51. The van der Waals surface area contributed by atoms with E-state index in [9.17, 15) is 0 Å². The van der Waals surface area contributed by atoms with Crippen LogP contribution in [0.15, 0.2) is 12.3 Å². The molecule has 0 atom stereocenters. The Labute approximate surface area is 109 Å². The second-order valence-corrected chi connectivity index (χ2v) is 4.26. The van der Waals surface area contributed by atoms with Crippen molar-refractivity contribution in [3.05, 3.63) is 28.3 Å². The van der Waals surface area contributed by atoms with Gasteiger partial charge in [0, 0.05) is 19.3 Å². The first-order valence-corrected chi connectivity index (χ1v) is 5.84. The molecule has 0 spiro atoms. The van der Waals surface area contributed by atoms with Gasteiger partial charge in [-0.2, -0.15) is 5.10 Å². The zero-order valence-corrected chi connectivity index (χ0v) is 10.9. The Balaban J connectivity index is 2.33. The summed E-state index contributed by atoms with van der Waals surface area (Å²) in [6, 6.07) is 1.63. The van der Waals surface area contributed by atoms with Gasteiger partial charge in [0.15, 0.2) is 10.3 Å². The van der Waals surface area contributed by atoms with E-state index in [-0.39, 0.29) is 5.15 Å². The van der Waals surface area contributed by atoms with Crippen LogP contribution < -0.4 is 5.32 Å². The lowest BCUT2D eigenvalue weighted by molar-refractivity contribution is 0.746. The van der Waals surface area contributed by atoms with Gasteiger partial charge in [-0.05, 0) is 6.42 Å². The highest BCUT2D eigenvalue weighted by Gasteiger charge is 2.09. The van der Waals surface area contributed by atoms with Crippen LogP contribution in [0.4, 0.5) is 11.4 Å². The second kappa shape index (κ2) is 4.89. The highest BCUT2D eigenvalue weighted by atomic mass is 35.5. The molecule has 7 heteroatoms. The summed E-state index contributed by atoms with van der Waals surface area (Å²) in [6.07, 6.45) is 2.70. The first kappa shape index (κ1) is 12.1. The van der Waals surface area contributed by atoms with Gasteiger partial charge in [0.2, 0.25) is 0 Å². The van der Waals surface area contributed by atoms with Gasteiger partial charge in [-0.3, -0.25) is 4.68 Å². The van der Waals surface area contributed by atoms with Gasteiger partial charge >= 0.3 is 0 Å². The number of halogens is 2. The van der Waals surface area contributed by atoms with Crippen molar-refractivity contribution in [2.75, 3.05) is 5.32 Å². The third-order valence-electron chi connectivity index (χ3n) is 2.23.